The standard InChI is InChI=1S/C20H28N2O2S/c1-13(2)11-15-5-7-16(8-6-15)14(3)21-19(24)17-12-25-20(4)10-9-18(23)22(17)20/h5-8,13-14,17H,9-12H2,1-4H3,(H,21,24). The number of nitrogens with one attached hydrogen (secondary N) is 1. The summed E-state index contributed by atoms with van der Waals surface area (Å²) in [4.78, 5) is 26.6. The van der Waals surface area contributed by atoms with E-state index in [1.807, 2.05) is 11.8 Å². The molecule has 4 nitrogen and oxygen atoms in total. The number of amides is 2. The molecule has 2 fully saturated rings. The summed E-state index contributed by atoms with van der Waals surface area (Å²) < 4.78 is 0. The third-order valence-corrected chi connectivity index (χ3v) is 6.74. The van der Waals surface area contributed by atoms with E-state index < -0.39 is 0 Å². The molecule has 2 aliphatic heterocycles. The first-order valence-electron chi connectivity index (χ1n) is 9.15. The lowest BCUT2D eigenvalue weighted by Gasteiger charge is -2.30. The minimum Gasteiger partial charge on any atom is -0.348 e. The summed E-state index contributed by atoms with van der Waals surface area (Å²) in [5.41, 5.74) is 2.42. The van der Waals surface area contributed by atoms with Crippen LogP contribution in [0, 0.1) is 5.92 Å². The second-order valence-corrected chi connectivity index (χ2v) is 9.34. The van der Waals surface area contributed by atoms with Crippen molar-refractivity contribution in [1.82, 2.24) is 10.2 Å². The molecule has 2 aliphatic rings. The van der Waals surface area contributed by atoms with Crippen molar-refractivity contribution in [1.29, 1.82) is 0 Å². The summed E-state index contributed by atoms with van der Waals surface area (Å²) >= 11 is 1.73. The van der Waals surface area contributed by atoms with Gasteiger partial charge in [-0.2, -0.15) is 0 Å². The van der Waals surface area contributed by atoms with Gasteiger partial charge in [0.15, 0.2) is 0 Å². The zero-order valence-electron chi connectivity index (χ0n) is 15.5. The van der Waals surface area contributed by atoms with E-state index in [2.05, 4.69) is 50.4 Å². The van der Waals surface area contributed by atoms with E-state index in [0.29, 0.717) is 18.1 Å². The van der Waals surface area contributed by atoms with E-state index >= 15 is 0 Å². The van der Waals surface area contributed by atoms with Gasteiger partial charge < -0.3 is 10.2 Å². The highest BCUT2D eigenvalue weighted by atomic mass is 32.2. The Hall–Kier alpha value is -1.49. The third-order valence-electron chi connectivity index (χ3n) is 5.23. The molecular formula is C20H28N2O2S. The molecule has 0 aromatic heterocycles. The first kappa shape index (κ1) is 18.3. The number of carbonyl (C=O) groups is 2. The van der Waals surface area contributed by atoms with Crippen molar-refractivity contribution in [3.8, 4) is 0 Å². The van der Waals surface area contributed by atoms with Gasteiger partial charge in [-0.3, -0.25) is 9.59 Å². The summed E-state index contributed by atoms with van der Waals surface area (Å²) in [6, 6.07) is 8.08. The number of carbonyl (C=O) groups excluding carboxylic acids is 2. The van der Waals surface area contributed by atoms with Crippen LogP contribution in [-0.4, -0.2) is 33.4 Å². The first-order valence-corrected chi connectivity index (χ1v) is 10.1. The van der Waals surface area contributed by atoms with Gasteiger partial charge >= 0.3 is 0 Å². The lowest BCUT2D eigenvalue weighted by Crippen LogP contribution is -2.50. The summed E-state index contributed by atoms with van der Waals surface area (Å²) in [6.07, 6.45) is 2.46. The molecule has 1 aromatic rings. The molecule has 3 atom stereocenters. The van der Waals surface area contributed by atoms with Crippen molar-refractivity contribution < 1.29 is 9.59 Å². The number of hydrogen-bond acceptors (Lipinski definition) is 3. The number of thioether (sulfide) groups is 1. The van der Waals surface area contributed by atoms with Crippen molar-refractivity contribution in [3.63, 3.8) is 0 Å². The Bertz CT molecular complexity index is 658. The predicted molar refractivity (Wildman–Crippen MR) is 102 cm³/mol. The van der Waals surface area contributed by atoms with E-state index in [-0.39, 0.29) is 28.8 Å². The second kappa shape index (κ2) is 7.02. The lowest BCUT2D eigenvalue weighted by atomic mass is 10.00. The van der Waals surface area contributed by atoms with Crippen LogP contribution in [0.2, 0.25) is 0 Å². The van der Waals surface area contributed by atoms with Crippen molar-refractivity contribution >= 4 is 23.6 Å². The molecule has 2 saturated heterocycles. The van der Waals surface area contributed by atoms with Crippen molar-refractivity contribution in [3.05, 3.63) is 35.4 Å². The molecule has 5 heteroatoms. The Labute approximate surface area is 154 Å². The van der Waals surface area contributed by atoms with Crippen LogP contribution in [0.5, 0.6) is 0 Å². The van der Waals surface area contributed by atoms with Gasteiger partial charge in [0, 0.05) is 12.2 Å². The van der Waals surface area contributed by atoms with E-state index in [9.17, 15) is 9.59 Å². The number of rotatable bonds is 5. The second-order valence-electron chi connectivity index (χ2n) is 7.84. The van der Waals surface area contributed by atoms with Gasteiger partial charge in [-0.15, -0.1) is 11.8 Å². The lowest BCUT2D eigenvalue weighted by molar-refractivity contribution is -0.138. The molecule has 1 aromatic carbocycles. The Morgan fingerprint density at radius 3 is 2.64 bits per heavy atom. The summed E-state index contributed by atoms with van der Waals surface area (Å²) in [5, 5.41) is 3.10. The van der Waals surface area contributed by atoms with E-state index in [1.54, 1.807) is 11.8 Å². The van der Waals surface area contributed by atoms with Crippen LogP contribution in [0.15, 0.2) is 24.3 Å². The van der Waals surface area contributed by atoms with Crippen LogP contribution in [0.1, 0.15) is 57.7 Å². The molecule has 0 bridgehead atoms. The van der Waals surface area contributed by atoms with E-state index in [4.69, 9.17) is 0 Å². The molecule has 3 unspecified atom stereocenters. The van der Waals surface area contributed by atoms with Gasteiger partial charge in [-0.1, -0.05) is 38.1 Å². The summed E-state index contributed by atoms with van der Waals surface area (Å²) in [6.45, 7) is 8.50. The monoisotopic (exact) mass is 360 g/mol. The van der Waals surface area contributed by atoms with Gasteiger partial charge in [-0.05, 0) is 43.7 Å². The zero-order chi connectivity index (χ0) is 18.2. The van der Waals surface area contributed by atoms with Crippen LogP contribution < -0.4 is 5.32 Å². The first-order chi connectivity index (χ1) is 11.8. The highest BCUT2D eigenvalue weighted by Gasteiger charge is 2.52. The quantitative estimate of drug-likeness (QED) is 0.874. The molecule has 0 aliphatic carbocycles. The maximum absolute atomic E-state index is 12.8. The highest BCUT2D eigenvalue weighted by molar-refractivity contribution is 8.01. The zero-order valence-corrected chi connectivity index (χ0v) is 16.4. The third kappa shape index (κ3) is 3.71. The molecule has 2 amide bonds. The molecule has 3 rings (SSSR count). The summed E-state index contributed by atoms with van der Waals surface area (Å²) in [5.74, 6) is 1.40. The molecule has 25 heavy (non-hydrogen) atoms. The van der Waals surface area contributed by atoms with Crippen LogP contribution >= 0.6 is 11.8 Å². The van der Waals surface area contributed by atoms with Crippen LogP contribution in [-0.2, 0) is 16.0 Å². The van der Waals surface area contributed by atoms with Gasteiger partial charge in [0.05, 0.1) is 10.9 Å². The number of benzene rings is 1. The molecule has 0 saturated carbocycles. The maximum Gasteiger partial charge on any atom is 0.244 e. The minimum atomic E-state index is -0.340. The fourth-order valence-corrected chi connectivity index (χ4v) is 5.25. The topological polar surface area (TPSA) is 49.4 Å². The Balaban J connectivity index is 1.64. The molecule has 0 spiro atoms. The average Bonchev–Trinajstić information content (AvgIpc) is 3.04. The Morgan fingerprint density at radius 2 is 2.00 bits per heavy atom. The average molecular weight is 361 g/mol. The Morgan fingerprint density at radius 1 is 1.32 bits per heavy atom. The van der Waals surface area contributed by atoms with Gasteiger partial charge in [0.25, 0.3) is 0 Å². The normalized spacial score (nSPS) is 26.8. The van der Waals surface area contributed by atoms with Crippen molar-refractivity contribution in [2.75, 3.05) is 5.75 Å². The molecule has 2 heterocycles. The van der Waals surface area contributed by atoms with Crippen LogP contribution in [0.4, 0.5) is 0 Å². The largest absolute Gasteiger partial charge is 0.348 e. The predicted octanol–water partition coefficient (Wildman–Crippen LogP) is 3.52. The van der Waals surface area contributed by atoms with Crippen molar-refractivity contribution in [2.24, 2.45) is 5.92 Å². The SMILES string of the molecule is CC(C)Cc1ccc(C(C)NC(=O)C2CSC3(C)CCC(=O)N23)cc1. The number of fused-ring (bicyclic) bond motifs is 1. The molecule has 136 valence electrons. The number of nitrogens with zero attached hydrogens (tertiary/aromatic N) is 1. The van der Waals surface area contributed by atoms with Gasteiger partial charge in [0.2, 0.25) is 11.8 Å². The Kier molecular flexibility index (Phi) is 5.14. The molecule has 1 N–H and O–H groups in total. The van der Waals surface area contributed by atoms with E-state index in [1.165, 1.54) is 5.56 Å². The van der Waals surface area contributed by atoms with Gasteiger partial charge in [-0.25, -0.2) is 0 Å². The smallest absolute Gasteiger partial charge is 0.244 e. The van der Waals surface area contributed by atoms with Gasteiger partial charge in [0.1, 0.15) is 6.04 Å². The van der Waals surface area contributed by atoms with Crippen LogP contribution in [0.25, 0.3) is 0 Å². The minimum absolute atomic E-state index is 0.0368. The van der Waals surface area contributed by atoms with E-state index in [0.717, 1.165) is 18.4 Å². The van der Waals surface area contributed by atoms with Crippen molar-refractivity contribution in [2.45, 2.75) is 63.9 Å². The fraction of sp³-hybridized carbons (Fsp3) is 0.600. The molecule has 0 radical (unpaired) electrons. The molecular weight excluding hydrogens is 332 g/mol. The fourth-order valence-electron chi connectivity index (χ4n) is 3.82. The van der Waals surface area contributed by atoms with Crippen LogP contribution in [0.3, 0.4) is 0 Å². The maximum atomic E-state index is 12.8. The highest BCUT2D eigenvalue weighted by Crippen LogP contribution is 2.47. The number of hydrogen-bond donors (Lipinski definition) is 1. The summed E-state index contributed by atoms with van der Waals surface area (Å²) in [7, 11) is 0.